The predicted molar refractivity (Wildman–Crippen MR) is 96.4 cm³/mol. The van der Waals surface area contributed by atoms with Crippen LogP contribution in [-0.2, 0) is 11.2 Å². The number of hydrogen-bond acceptors (Lipinski definition) is 2. The molecule has 0 saturated carbocycles. The molecule has 0 radical (unpaired) electrons. The Morgan fingerprint density at radius 3 is 2.50 bits per heavy atom. The fourth-order valence-electron chi connectivity index (χ4n) is 2.16. The smallest absolute Gasteiger partial charge is 0.226 e. The number of carbonyl (C=O) groups excluding carboxylic acids is 1. The van der Waals surface area contributed by atoms with E-state index in [1.807, 2.05) is 25.1 Å². The molecule has 2 rings (SSSR count). The van der Waals surface area contributed by atoms with Gasteiger partial charge in [-0.05, 0) is 54.8 Å². The minimum atomic E-state index is 0.0168. The minimum absolute atomic E-state index is 0.0168. The number of carbonyl (C=O) groups is 1. The molecule has 2 aromatic rings. The van der Waals surface area contributed by atoms with E-state index >= 15 is 0 Å². The van der Waals surface area contributed by atoms with E-state index in [1.54, 1.807) is 0 Å². The highest BCUT2D eigenvalue weighted by Crippen LogP contribution is 2.20. The van der Waals surface area contributed by atoms with Crippen LogP contribution in [0.15, 0.2) is 46.9 Å². The van der Waals surface area contributed by atoms with E-state index in [-0.39, 0.29) is 5.91 Å². The quantitative estimate of drug-likeness (QED) is 0.779. The Kier molecular flexibility index (Phi) is 6.01. The molecule has 1 amide bonds. The maximum absolute atomic E-state index is 12.0. The Morgan fingerprint density at radius 2 is 1.86 bits per heavy atom. The molecule has 0 saturated heterocycles. The summed E-state index contributed by atoms with van der Waals surface area (Å²) in [5.41, 5.74) is 4.27. The van der Waals surface area contributed by atoms with Crippen LogP contribution in [0.4, 0.5) is 11.4 Å². The number of halogens is 1. The van der Waals surface area contributed by atoms with Crippen molar-refractivity contribution in [1.82, 2.24) is 0 Å². The summed E-state index contributed by atoms with van der Waals surface area (Å²) in [4.78, 5) is 12.0. The summed E-state index contributed by atoms with van der Waals surface area (Å²) in [5.74, 6) is 0.0168. The van der Waals surface area contributed by atoms with Crippen LogP contribution in [0.1, 0.15) is 24.5 Å². The molecule has 0 spiro atoms. The third-order valence-electron chi connectivity index (χ3n) is 3.51. The highest BCUT2D eigenvalue weighted by atomic mass is 79.9. The van der Waals surface area contributed by atoms with E-state index in [0.717, 1.165) is 27.8 Å². The lowest BCUT2D eigenvalue weighted by Crippen LogP contribution is -2.16. The van der Waals surface area contributed by atoms with Gasteiger partial charge in [-0.1, -0.05) is 35.0 Å². The molecule has 0 fully saturated rings. The lowest BCUT2D eigenvalue weighted by atomic mass is 10.1. The van der Waals surface area contributed by atoms with Crippen molar-refractivity contribution in [3.8, 4) is 0 Å². The first kappa shape index (κ1) is 16.6. The molecule has 0 unspecified atom stereocenters. The van der Waals surface area contributed by atoms with Crippen molar-refractivity contribution >= 4 is 33.2 Å². The van der Waals surface area contributed by atoms with Crippen molar-refractivity contribution in [2.45, 2.75) is 26.7 Å². The van der Waals surface area contributed by atoms with E-state index in [4.69, 9.17) is 0 Å². The first-order valence-electron chi connectivity index (χ1n) is 7.47. The van der Waals surface area contributed by atoms with Crippen LogP contribution in [-0.4, -0.2) is 12.5 Å². The van der Waals surface area contributed by atoms with Crippen LogP contribution in [0.2, 0.25) is 0 Å². The molecule has 2 N–H and O–H groups in total. The number of benzene rings is 2. The molecular weight excluding hydrogens is 340 g/mol. The Balaban J connectivity index is 1.79. The normalized spacial score (nSPS) is 10.3. The van der Waals surface area contributed by atoms with Gasteiger partial charge in [0, 0.05) is 28.8 Å². The molecule has 116 valence electrons. The average molecular weight is 361 g/mol. The van der Waals surface area contributed by atoms with Crippen molar-refractivity contribution < 1.29 is 4.79 Å². The van der Waals surface area contributed by atoms with Gasteiger partial charge < -0.3 is 10.6 Å². The Labute approximate surface area is 140 Å². The van der Waals surface area contributed by atoms with Gasteiger partial charge in [0.1, 0.15) is 0 Å². The summed E-state index contributed by atoms with van der Waals surface area (Å²) in [5, 5.41) is 6.21. The van der Waals surface area contributed by atoms with E-state index < -0.39 is 0 Å². The monoisotopic (exact) mass is 360 g/mol. The van der Waals surface area contributed by atoms with Crippen molar-refractivity contribution in [2.24, 2.45) is 0 Å². The average Bonchev–Trinajstić information content (AvgIpc) is 2.51. The second-order valence-corrected chi connectivity index (χ2v) is 6.15. The zero-order valence-electron chi connectivity index (χ0n) is 12.9. The number of nitrogens with one attached hydrogen (secondary N) is 2. The number of rotatable bonds is 6. The summed E-state index contributed by atoms with van der Waals surface area (Å²) < 4.78 is 1.01. The first-order chi connectivity index (χ1) is 10.6. The molecule has 2 aromatic carbocycles. The van der Waals surface area contributed by atoms with Gasteiger partial charge in [-0.25, -0.2) is 0 Å². The summed E-state index contributed by atoms with van der Waals surface area (Å²) in [7, 11) is 0. The van der Waals surface area contributed by atoms with E-state index in [0.29, 0.717) is 13.0 Å². The van der Waals surface area contributed by atoms with Gasteiger partial charge in [0.2, 0.25) is 5.91 Å². The largest absolute Gasteiger partial charge is 0.385 e. The number of hydrogen-bond donors (Lipinski definition) is 2. The van der Waals surface area contributed by atoms with Gasteiger partial charge >= 0.3 is 0 Å². The van der Waals surface area contributed by atoms with Crippen LogP contribution < -0.4 is 10.6 Å². The Hall–Kier alpha value is -1.81. The fourth-order valence-corrected chi connectivity index (χ4v) is 2.63. The van der Waals surface area contributed by atoms with Crippen LogP contribution in [0.3, 0.4) is 0 Å². The molecule has 0 aliphatic heterocycles. The van der Waals surface area contributed by atoms with Crippen molar-refractivity contribution in [1.29, 1.82) is 0 Å². The van der Waals surface area contributed by atoms with Gasteiger partial charge in [0.15, 0.2) is 0 Å². The second kappa shape index (κ2) is 7.99. The summed E-state index contributed by atoms with van der Waals surface area (Å²) in [6, 6.07) is 14.1. The molecule has 0 bridgehead atoms. The van der Waals surface area contributed by atoms with Gasteiger partial charge in [-0.15, -0.1) is 0 Å². The topological polar surface area (TPSA) is 41.1 Å². The number of anilines is 2. The highest BCUT2D eigenvalue weighted by molar-refractivity contribution is 9.10. The maximum atomic E-state index is 12.0. The van der Waals surface area contributed by atoms with Gasteiger partial charge in [-0.3, -0.25) is 4.79 Å². The fraction of sp³-hybridized carbons (Fsp3) is 0.278. The molecule has 0 aliphatic carbocycles. The molecule has 0 atom stereocenters. The van der Waals surface area contributed by atoms with Crippen LogP contribution in [0.5, 0.6) is 0 Å². The predicted octanol–water partition coefficient (Wildman–Crippen LogP) is 4.76. The lowest BCUT2D eigenvalue weighted by molar-refractivity contribution is -0.115. The van der Waals surface area contributed by atoms with Gasteiger partial charge in [0.05, 0.1) is 0 Å². The van der Waals surface area contributed by atoms with Crippen LogP contribution >= 0.6 is 15.9 Å². The van der Waals surface area contributed by atoms with Crippen molar-refractivity contribution in [2.75, 3.05) is 17.2 Å². The van der Waals surface area contributed by atoms with Crippen LogP contribution in [0, 0.1) is 6.92 Å². The minimum Gasteiger partial charge on any atom is -0.385 e. The standard InChI is InChI=1S/C18H21BrN2O/c1-3-14-4-7-16(8-5-14)20-11-10-18(22)21-17-9-6-15(19)12-13(17)2/h4-9,12,20H,3,10-11H2,1-2H3,(H,21,22). The zero-order valence-corrected chi connectivity index (χ0v) is 14.5. The molecule has 0 aromatic heterocycles. The Morgan fingerprint density at radius 1 is 1.14 bits per heavy atom. The van der Waals surface area contributed by atoms with Crippen molar-refractivity contribution in [3.05, 3.63) is 58.1 Å². The Bertz CT molecular complexity index is 638. The van der Waals surface area contributed by atoms with Gasteiger partial charge in [0.25, 0.3) is 0 Å². The molecule has 4 heteroatoms. The third kappa shape index (κ3) is 4.88. The third-order valence-corrected chi connectivity index (χ3v) is 4.00. The van der Waals surface area contributed by atoms with E-state index in [9.17, 15) is 4.79 Å². The first-order valence-corrected chi connectivity index (χ1v) is 8.26. The summed E-state index contributed by atoms with van der Waals surface area (Å²) in [6.07, 6.45) is 1.47. The van der Waals surface area contributed by atoms with Gasteiger partial charge in [-0.2, -0.15) is 0 Å². The molecular formula is C18H21BrN2O. The summed E-state index contributed by atoms with van der Waals surface area (Å²) in [6.45, 7) is 4.73. The number of amides is 1. The van der Waals surface area contributed by atoms with Crippen molar-refractivity contribution in [3.63, 3.8) is 0 Å². The molecule has 0 aliphatic rings. The highest BCUT2D eigenvalue weighted by Gasteiger charge is 2.05. The van der Waals surface area contributed by atoms with E-state index in [1.165, 1.54) is 5.56 Å². The molecule has 0 heterocycles. The maximum Gasteiger partial charge on any atom is 0.226 e. The molecule has 22 heavy (non-hydrogen) atoms. The SMILES string of the molecule is CCc1ccc(NCCC(=O)Nc2ccc(Br)cc2C)cc1. The lowest BCUT2D eigenvalue weighted by Gasteiger charge is -2.10. The second-order valence-electron chi connectivity index (χ2n) is 5.23. The molecule has 3 nitrogen and oxygen atoms in total. The summed E-state index contributed by atoms with van der Waals surface area (Å²) >= 11 is 3.42. The van der Waals surface area contributed by atoms with E-state index in [2.05, 4.69) is 57.8 Å². The van der Waals surface area contributed by atoms with Crippen LogP contribution in [0.25, 0.3) is 0 Å². The number of aryl methyl sites for hydroxylation is 2. The zero-order chi connectivity index (χ0) is 15.9.